The Morgan fingerprint density at radius 2 is 2.19 bits per heavy atom. The number of aromatic nitrogens is 2. The van der Waals surface area contributed by atoms with Gasteiger partial charge in [-0.05, 0) is 12.5 Å². The van der Waals surface area contributed by atoms with Crippen LogP contribution in [-0.4, -0.2) is 44.2 Å². The molecule has 0 spiro atoms. The molecule has 1 saturated heterocycles. The maximum atomic E-state index is 11.6. The number of nitrogen functional groups attached to an aromatic ring is 1. The van der Waals surface area contributed by atoms with E-state index in [9.17, 15) is 9.36 Å². The van der Waals surface area contributed by atoms with E-state index < -0.39 is 32.2 Å². The highest BCUT2D eigenvalue weighted by atomic mass is 31.2. The minimum absolute atomic E-state index is 0.119. The van der Waals surface area contributed by atoms with Gasteiger partial charge in [0, 0.05) is 19.7 Å². The van der Waals surface area contributed by atoms with Crippen molar-refractivity contribution in [2.45, 2.75) is 25.4 Å². The second-order valence-electron chi connectivity index (χ2n) is 4.10. The second kappa shape index (κ2) is 7.64. The van der Waals surface area contributed by atoms with Gasteiger partial charge in [-0.25, -0.2) is 4.79 Å². The summed E-state index contributed by atoms with van der Waals surface area (Å²) in [5.74, 6) is 0.119. The predicted molar refractivity (Wildman–Crippen MR) is 72.2 cm³/mol. The van der Waals surface area contributed by atoms with Crippen LogP contribution < -0.4 is 11.4 Å². The normalized spacial score (nSPS) is 21.7. The lowest BCUT2D eigenvalue weighted by Gasteiger charge is -2.16. The highest BCUT2D eigenvalue weighted by Crippen LogP contribution is 2.36. The van der Waals surface area contributed by atoms with Crippen LogP contribution in [0.4, 0.5) is 5.82 Å². The van der Waals surface area contributed by atoms with Crippen LogP contribution in [-0.2, 0) is 14.0 Å². The van der Waals surface area contributed by atoms with Gasteiger partial charge in [0.15, 0.2) is 12.6 Å². The first-order valence-corrected chi connectivity index (χ1v) is 7.76. The van der Waals surface area contributed by atoms with Crippen LogP contribution in [0.3, 0.4) is 0 Å². The van der Waals surface area contributed by atoms with E-state index in [-0.39, 0.29) is 5.82 Å². The topological polar surface area (TPSA) is 157 Å². The first-order valence-electron chi connectivity index (χ1n) is 5.96. The Morgan fingerprint density at radius 1 is 1.52 bits per heavy atom. The molecular weight excluding hydrogens is 305 g/mol. The molecular formula is C10H18N3O7P. The Balaban J connectivity index is 0.00000106. The third-order valence-electron chi connectivity index (χ3n) is 2.55. The maximum Gasteiger partial charge on any atom is 0.351 e. The summed E-state index contributed by atoms with van der Waals surface area (Å²) in [4.78, 5) is 32.5. The van der Waals surface area contributed by atoms with Crippen LogP contribution in [0.25, 0.3) is 0 Å². The molecule has 0 saturated carbocycles. The summed E-state index contributed by atoms with van der Waals surface area (Å²) < 4.78 is 22.2. The molecule has 2 heterocycles. The van der Waals surface area contributed by atoms with Gasteiger partial charge in [-0.2, -0.15) is 4.98 Å². The molecule has 1 fully saturated rings. The molecule has 5 N–H and O–H groups in total. The van der Waals surface area contributed by atoms with Crippen molar-refractivity contribution in [1.82, 2.24) is 9.55 Å². The summed E-state index contributed by atoms with van der Waals surface area (Å²) in [5.41, 5.74) is 4.83. The number of aliphatic hydroxyl groups excluding tert-OH is 1. The Morgan fingerprint density at radius 3 is 2.76 bits per heavy atom. The summed E-state index contributed by atoms with van der Waals surface area (Å²) >= 11 is 0. The molecule has 0 unspecified atom stereocenters. The van der Waals surface area contributed by atoms with Crippen LogP contribution in [0.5, 0.6) is 0 Å². The van der Waals surface area contributed by atoms with E-state index in [1.807, 2.05) is 0 Å². The third kappa shape index (κ3) is 5.54. The average Bonchev–Trinajstić information content (AvgIpc) is 2.86. The van der Waals surface area contributed by atoms with E-state index in [0.717, 1.165) is 7.11 Å². The zero-order valence-corrected chi connectivity index (χ0v) is 12.2. The van der Waals surface area contributed by atoms with Crippen molar-refractivity contribution in [3.63, 3.8) is 0 Å². The molecule has 10 nitrogen and oxygen atoms in total. The van der Waals surface area contributed by atoms with Crippen LogP contribution in [0.2, 0.25) is 0 Å². The fraction of sp³-hybridized carbons (Fsp3) is 0.600. The smallest absolute Gasteiger partial charge is 0.351 e. The fourth-order valence-corrected chi connectivity index (χ4v) is 2.10. The molecule has 21 heavy (non-hydrogen) atoms. The second-order valence-corrected chi connectivity index (χ2v) is 5.69. The number of aliphatic hydroxyl groups is 1. The van der Waals surface area contributed by atoms with Crippen molar-refractivity contribution in [1.29, 1.82) is 0 Å². The first-order chi connectivity index (χ1) is 9.85. The number of hydrogen-bond donors (Lipinski definition) is 4. The molecule has 11 heteroatoms. The van der Waals surface area contributed by atoms with Crippen molar-refractivity contribution >= 4 is 13.4 Å². The van der Waals surface area contributed by atoms with Crippen molar-refractivity contribution in [2.75, 3.05) is 19.2 Å². The number of rotatable bonds is 4. The summed E-state index contributed by atoms with van der Waals surface area (Å²) in [7, 11) is -3.23. The molecule has 1 aromatic heterocycles. The molecule has 0 bridgehead atoms. The molecule has 2 rings (SSSR count). The quantitative estimate of drug-likeness (QED) is 0.522. The van der Waals surface area contributed by atoms with Gasteiger partial charge in [-0.15, -0.1) is 0 Å². The highest BCUT2D eigenvalue weighted by Gasteiger charge is 2.29. The van der Waals surface area contributed by atoms with Crippen LogP contribution in [0, 0.1) is 0 Å². The molecule has 1 aromatic rings. The summed E-state index contributed by atoms with van der Waals surface area (Å²) in [5, 5.41) is 7.00. The molecule has 2 atom stereocenters. The predicted octanol–water partition coefficient (Wildman–Crippen LogP) is -0.779. The number of nitrogens with two attached hydrogens (primary N) is 1. The zero-order valence-electron chi connectivity index (χ0n) is 11.3. The van der Waals surface area contributed by atoms with Crippen LogP contribution in [0.15, 0.2) is 17.1 Å². The standard InChI is InChI=1S/C9H14N3O6P.CH4O/c10-6-3-4-12(9(13)11-6)7-1-2-8(18-7)17-5-19(14,15)16;1-2/h3-4,7-8H,1-2,5H2,(H2,10,11,13)(H2,14,15,16);2H,1H3/t7-,8+;/m1./s1. The number of nitrogens with zero attached hydrogens (tertiary/aromatic N) is 2. The summed E-state index contributed by atoms with van der Waals surface area (Å²) in [6.45, 7) is 0. The number of anilines is 1. The van der Waals surface area contributed by atoms with Crippen molar-refractivity contribution < 1.29 is 28.9 Å². The minimum atomic E-state index is -4.23. The van der Waals surface area contributed by atoms with E-state index in [1.165, 1.54) is 16.8 Å². The van der Waals surface area contributed by atoms with Crippen LogP contribution >= 0.6 is 7.60 Å². The van der Waals surface area contributed by atoms with Crippen LogP contribution in [0.1, 0.15) is 19.1 Å². The van der Waals surface area contributed by atoms with Gasteiger partial charge in [0.05, 0.1) is 0 Å². The molecule has 120 valence electrons. The molecule has 1 aliphatic rings. The Kier molecular flexibility index (Phi) is 6.46. The average molecular weight is 323 g/mol. The maximum absolute atomic E-state index is 11.6. The monoisotopic (exact) mass is 323 g/mol. The first kappa shape index (κ1) is 17.8. The largest absolute Gasteiger partial charge is 0.400 e. The lowest BCUT2D eigenvalue weighted by Crippen LogP contribution is -2.27. The Hall–Kier alpha value is -1.29. The van der Waals surface area contributed by atoms with Crippen molar-refractivity contribution in [2.24, 2.45) is 0 Å². The lowest BCUT2D eigenvalue weighted by atomic mass is 10.3. The SMILES string of the molecule is CO.Nc1ccn([C@H]2CC[C@@H](OCP(=O)(O)O)O2)c(=O)n1. The van der Waals surface area contributed by atoms with E-state index >= 15 is 0 Å². The third-order valence-corrected chi connectivity index (χ3v) is 3.03. The van der Waals surface area contributed by atoms with Gasteiger partial charge < -0.3 is 30.1 Å². The molecule has 0 aliphatic carbocycles. The zero-order chi connectivity index (χ0) is 16.0. The van der Waals surface area contributed by atoms with E-state index in [4.69, 9.17) is 30.1 Å². The minimum Gasteiger partial charge on any atom is -0.400 e. The van der Waals surface area contributed by atoms with E-state index in [0.29, 0.717) is 12.8 Å². The molecule has 0 radical (unpaired) electrons. The van der Waals surface area contributed by atoms with Gasteiger partial charge in [0.25, 0.3) is 0 Å². The number of ether oxygens (including phenoxy) is 2. The van der Waals surface area contributed by atoms with E-state index in [1.54, 1.807) is 0 Å². The van der Waals surface area contributed by atoms with Gasteiger partial charge in [-0.1, -0.05) is 0 Å². The van der Waals surface area contributed by atoms with Gasteiger partial charge >= 0.3 is 13.3 Å². The van der Waals surface area contributed by atoms with Gasteiger partial charge in [0.1, 0.15) is 12.0 Å². The van der Waals surface area contributed by atoms with Gasteiger partial charge in [-0.3, -0.25) is 9.13 Å². The summed E-state index contributed by atoms with van der Waals surface area (Å²) in [6.07, 6.45) is 0.350. The molecule has 1 aliphatic heterocycles. The molecule has 0 amide bonds. The molecule has 0 aromatic carbocycles. The van der Waals surface area contributed by atoms with E-state index in [2.05, 4.69) is 4.98 Å². The van der Waals surface area contributed by atoms with Crippen molar-refractivity contribution in [3.8, 4) is 0 Å². The fourth-order valence-electron chi connectivity index (χ4n) is 1.74. The Labute approximate surface area is 120 Å². The lowest BCUT2D eigenvalue weighted by molar-refractivity contribution is -0.142. The Bertz CT molecular complexity index is 558. The highest BCUT2D eigenvalue weighted by molar-refractivity contribution is 7.51. The van der Waals surface area contributed by atoms with Gasteiger partial charge in [0.2, 0.25) is 0 Å². The number of hydrogen-bond acceptors (Lipinski definition) is 7. The summed E-state index contributed by atoms with van der Waals surface area (Å²) in [6, 6.07) is 1.47. The van der Waals surface area contributed by atoms with Crippen molar-refractivity contribution in [3.05, 3.63) is 22.7 Å².